The molecule has 2 aromatic carbocycles. The van der Waals surface area contributed by atoms with Crippen LogP contribution in [-0.2, 0) is 53.8 Å². The Morgan fingerprint density at radius 3 is 1.78 bits per heavy atom. The molecule has 2 heteroatoms. The van der Waals surface area contributed by atoms with Gasteiger partial charge in [0.1, 0.15) is 0 Å². The fourth-order valence-electron chi connectivity index (χ4n) is 3.04. The van der Waals surface area contributed by atoms with Gasteiger partial charge in [0.15, 0.2) is 0 Å². The summed E-state index contributed by atoms with van der Waals surface area (Å²) in [6, 6.07) is 19.9. The van der Waals surface area contributed by atoms with Gasteiger partial charge in [-0.2, -0.15) is 0 Å². The molecule has 3 rings (SSSR count). The summed E-state index contributed by atoms with van der Waals surface area (Å²) in [5.41, 5.74) is 4.55. The molecule has 0 spiro atoms. The molecule has 0 bridgehead atoms. The molecular formula is C21H30WY-2. The normalized spacial score (nSPS) is 17.3. The zero-order valence-electron chi connectivity index (χ0n) is 15.3. The molecule has 23 heavy (non-hydrogen) atoms. The van der Waals surface area contributed by atoms with Crippen molar-refractivity contribution in [2.75, 3.05) is 0 Å². The predicted octanol–water partition coefficient (Wildman–Crippen LogP) is 6.64. The molecule has 2 unspecified atom stereocenters. The summed E-state index contributed by atoms with van der Waals surface area (Å²) in [7, 11) is 0. The maximum absolute atomic E-state index is 2.35. The molecule has 0 aromatic heterocycles. The Hall–Kier alpha value is 0.232. The van der Waals surface area contributed by atoms with Crippen molar-refractivity contribution < 1.29 is 53.8 Å². The van der Waals surface area contributed by atoms with E-state index in [2.05, 4.69) is 61.5 Å². The molecule has 0 saturated carbocycles. The van der Waals surface area contributed by atoms with E-state index in [1.807, 2.05) is 13.8 Å². The van der Waals surface area contributed by atoms with E-state index in [9.17, 15) is 0 Å². The van der Waals surface area contributed by atoms with E-state index in [4.69, 9.17) is 0 Å². The van der Waals surface area contributed by atoms with Crippen LogP contribution in [0.2, 0.25) is 0 Å². The van der Waals surface area contributed by atoms with E-state index >= 15 is 0 Å². The van der Waals surface area contributed by atoms with Gasteiger partial charge in [0.2, 0.25) is 0 Å². The number of hydrogen-bond donors (Lipinski definition) is 0. The second-order valence-electron chi connectivity index (χ2n) is 5.07. The zero-order valence-corrected chi connectivity index (χ0v) is 21.0. The minimum absolute atomic E-state index is 0. The van der Waals surface area contributed by atoms with Crippen LogP contribution in [-0.4, -0.2) is 0 Å². The van der Waals surface area contributed by atoms with E-state index in [0.717, 1.165) is 0 Å². The van der Waals surface area contributed by atoms with Gasteiger partial charge < -0.3 is 14.9 Å². The molecule has 0 aliphatic heterocycles. The number of benzene rings is 2. The standard InChI is InChI=1S/C17H18.C2H6.2CH3.W.Y/c1-13-11-12-16(14-7-3-2-4-8-14)17-10-6-5-9-15(13)17;1-2;;;;/h2-10,13,16H,11-12H2,1H3;1-2H3;2*1H3;;/q;;2*-1;;. The summed E-state index contributed by atoms with van der Waals surface area (Å²) in [4.78, 5) is 0. The number of fused-ring (bicyclic) bond motifs is 1. The van der Waals surface area contributed by atoms with Crippen molar-refractivity contribution in [3.8, 4) is 0 Å². The molecule has 0 nitrogen and oxygen atoms in total. The summed E-state index contributed by atoms with van der Waals surface area (Å²) in [5, 5.41) is 0. The van der Waals surface area contributed by atoms with E-state index in [0.29, 0.717) is 11.8 Å². The van der Waals surface area contributed by atoms with Crippen molar-refractivity contribution in [3.63, 3.8) is 0 Å². The third-order valence-corrected chi connectivity index (χ3v) is 3.99. The van der Waals surface area contributed by atoms with E-state index in [1.165, 1.54) is 24.0 Å². The maximum atomic E-state index is 2.35. The van der Waals surface area contributed by atoms with Crippen LogP contribution in [0.5, 0.6) is 0 Å². The number of rotatable bonds is 1. The molecule has 1 radical (unpaired) electrons. The first kappa shape index (κ1) is 28.1. The second-order valence-corrected chi connectivity index (χ2v) is 5.07. The van der Waals surface area contributed by atoms with E-state index in [1.54, 1.807) is 5.56 Å². The van der Waals surface area contributed by atoms with Crippen LogP contribution in [0.3, 0.4) is 0 Å². The molecule has 2 aromatic rings. The van der Waals surface area contributed by atoms with Gasteiger partial charge in [0, 0.05) is 59.7 Å². The smallest absolute Gasteiger partial charge is 0.00923 e. The maximum Gasteiger partial charge on any atom is 0.00923 e. The molecule has 0 heterocycles. The van der Waals surface area contributed by atoms with E-state index < -0.39 is 0 Å². The molecule has 1 aliphatic carbocycles. The average molecular weight is 555 g/mol. The summed E-state index contributed by atoms with van der Waals surface area (Å²) in [5.74, 6) is 1.31. The third-order valence-electron chi connectivity index (χ3n) is 3.99. The Morgan fingerprint density at radius 2 is 1.22 bits per heavy atom. The summed E-state index contributed by atoms with van der Waals surface area (Å²) < 4.78 is 0. The molecule has 2 atom stereocenters. The van der Waals surface area contributed by atoms with Gasteiger partial charge in [0.25, 0.3) is 0 Å². The van der Waals surface area contributed by atoms with Crippen molar-refractivity contribution in [3.05, 3.63) is 86.1 Å². The van der Waals surface area contributed by atoms with Crippen molar-refractivity contribution >= 4 is 0 Å². The summed E-state index contributed by atoms with van der Waals surface area (Å²) in [6.45, 7) is 6.35. The van der Waals surface area contributed by atoms with Crippen molar-refractivity contribution in [1.29, 1.82) is 0 Å². The minimum Gasteiger partial charge on any atom is -0.358 e. The van der Waals surface area contributed by atoms with Gasteiger partial charge in [-0.3, -0.25) is 0 Å². The Balaban J connectivity index is -0.000000643. The zero-order chi connectivity index (χ0) is 13.7. The van der Waals surface area contributed by atoms with Crippen LogP contribution in [0.25, 0.3) is 0 Å². The molecule has 125 valence electrons. The monoisotopic (exact) mass is 555 g/mol. The number of hydrogen-bond acceptors (Lipinski definition) is 0. The van der Waals surface area contributed by atoms with E-state index in [-0.39, 0.29) is 68.6 Å². The first-order valence-electron chi connectivity index (χ1n) is 7.50. The molecule has 1 aliphatic rings. The average Bonchev–Trinajstić information content (AvgIpc) is 2.51. The van der Waals surface area contributed by atoms with Crippen molar-refractivity contribution in [2.24, 2.45) is 0 Å². The second kappa shape index (κ2) is 14.6. The molecule has 0 saturated heterocycles. The van der Waals surface area contributed by atoms with Gasteiger partial charge >= 0.3 is 0 Å². The Morgan fingerprint density at radius 1 is 0.739 bits per heavy atom. The van der Waals surface area contributed by atoms with Gasteiger partial charge in [-0.05, 0) is 35.4 Å². The minimum atomic E-state index is 0. The van der Waals surface area contributed by atoms with Crippen LogP contribution in [0.4, 0.5) is 0 Å². The fraction of sp³-hybridized carbons (Fsp3) is 0.333. The molecule has 0 N–H and O–H groups in total. The Labute approximate surface area is 184 Å². The molecule has 0 amide bonds. The van der Waals surface area contributed by atoms with Gasteiger partial charge in [-0.1, -0.05) is 75.4 Å². The molecule has 0 fully saturated rings. The van der Waals surface area contributed by atoms with Gasteiger partial charge in [-0.25, -0.2) is 0 Å². The summed E-state index contributed by atoms with van der Waals surface area (Å²) in [6.07, 6.45) is 2.58. The van der Waals surface area contributed by atoms with Crippen LogP contribution in [0.15, 0.2) is 54.6 Å². The van der Waals surface area contributed by atoms with Crippen LogP contribution in [0.1, 0.15) is 62.1 Å². The summed E-state index contributed by atoms with van der Waals surface area (Å²) >= 11 is 0. The fourth-order valence-corrected chi connectivity index (χ4v) is 3.04. The Kier molecular flexibility index (Phi) is 17.8. The topological polar surface area (TPSA) is 0 Å². The first-order valence-corrected chi connectivity index (χ1v) is 7.50. The SMILES string of the molecule is CC.CC1CCC(c2ccccc2)c2ccccc21.[CH3-].[CH3-].[W].[Y]. The van der Waals surface area contributed by atoms with Crippen LogP contribution < -0.4 is 0 Å². The third kappa shape index (κ3) is 6.93. The van der Waals surface area contributed by atoms with Gasteiger partial charge in [-0.15, -0.1) is 0 Å². The van der Waals surface area contributed by atoms with Gasteiger partial charge in [0.05, 0.1) is 0 Å². The van der Waals surface area contributed by atoms with Crippen LogP contribution >= 0.6 is 0 Å². The van der Waals surface area contributed by atoms with Crippen molar-refractivity contribution in [1.82, 2.24) is 0 Å². The molecular weight excluding hydrogens is 525 g/mol. The van der Waals surface area contributed by atoms with Crippen LogP contribution in [0, 0.1) is 14.9 Å². The Bertz CT molecular complexity index is 510. The first-order chi connectivity index (χ1) is 9.36. The quantitative estimate of drug-likeness (QED) is 0.347. The van der Waals surface area contributed by atoms with Crippen molar-refractivity contribution in [2.45, 2.75) is 45.4 Å². The largest absolute Gasteiger partial charge is 0.358 e. The predicted molar refractivity (Wildman–Crippen MR) is 96.6 cm³/mol.